The number of carbonyl (C=O) groups excluding carboxylic acids is 1. The number of halogens is 3. The number of hydrogen-bond acceptors (Lipinski definition) is 3. The van der Waals surface area contributed by atoms with Crippen molar-refractivity contribution in [1.82, 2.24) is 0 Å². The maximum atomic E-state index is 13.1. The zero-order valence-corrected chi connectivity index (χ0v) is 16.1. The Morgan fingerprint density at radius 1 is 1.04 bits per heavy atom. The monoisotopic (exact) mass is 388 g/mol. The van der Waals surface area contributed by atoms with Gasteiger partial charge >= 0.3 is 6.18 Å². The fourth-order valence-electron chi connectivity index (χ4n) is 7.66. The molecule has 0 aromatic carbocycles. The van der Waals surface area contributed by atoms with Crippen LogP contribution in [0.25, 0.3) is 0 Å². The van der Waals surface area contributed by atoms with E-state index in [9.17, 15) is 28.2 Å². The number of alkyl halides is 3. The molecular formula is C21H31F3O3. The van der Waals surface area contributed by atoms with Crippen molar-refractivity contribution in [3.63, 3.8) is 0 Å². The number of ketones is 1. The summed E-state index contributed by atoms with van der Waals surface area (Å²) in [5.41, 5.74) is -0.400. The molecule has 4 fully saturated rings. The Kier molecular flexibility index (Phi) is 4.51. The maximum absolute atomic E-state index is 13.1. The van der Waals surface area contributed by atoms with Gasteiger partial charge in [-0.25, -0.2) is 0 Å². The van der Waals surface area contributed by atoms with Crippen LogP contribution in [0.5, 0.6) is 0 Å². The first-order valence-corrected chi connectivity index (χ1v) is 10.4. The van der Waals surface area contributed by atoms with Gasteiger partial charge < -0.3 is 10.2 Å². The zero-order valence-electron chi connectivity index (χ0n) is 16.1. The van der Waals surface area contributed by atoms with Crippen molar-refractivity contribution < 1.29 is 28.2 Å². The minimum Gasteiger partial charge on any atom is -0.393 e. The molecule has 0 aromatic rings. The van der Waals surface area contributed by atoms with Gasteiger partial charge in [-0.05, 0) is 79.4 Å². The topological polar surface area (TPSA) is 57.5 Å². The highest BCUT2D eigenvalue weighted by molar-refractivity contribution is 5.83. The Labute approximate surface area is 158 Å². The van der Waals surface area contributed by atoms with E-state index in [0.29, 0.717) is 11.8 Å². The summed E-state index contributed by atoms with van der Waals surface area (Å²) in [5, 5.41) is 20.3. The molecule has 0 aliphatic heterocycles. The summed E-state index contributed by atoms with van der Waals surface area (Å²) in [6, 6.07) is 0. The molecule has 0 amide bonds. The van der Waals surface area contributed by atoms with E-state index in [-0.39, 0.29) is 41.6 Å². The Bertz CT molecular complexity index is 620. The second kappa shape index (κ2) is 6.19. The zero-order chi connectivity index (χ0) is 19.8. The van der Waals surface area contributed by atoms with Gasteiger partial charge in [-0.3, -0.25) is 4.79 Å². The Morgan fingerprint density at radius 2 is 1.70 bits per heavy atom. The highest BCUT2D eigenvalue weighted by Gasteiger charge is 2.62. The van der Waals surface area contributed by atoms with Crippen LogP contribution >= 0.6 is 0 Å². The summed E-state index contributed by atoms with van der Waals surface area (Å²) < 4.78 is 39.4. The summed E-state index contributed by atoms with van der Waals surface area (Å²) in [7, 11) is 0. The number of hydrogen-bond donors (Lipinski definition) is 2. The van der Waals surface area contributed by atoms with Crippen LogP contribution < -0.4 is 0 Å². The summed E-state index contributed by atoms with van der Waals surface area (Å²) in [4.78, 5) is 12.4. The number of carbonyl (C=O) groups is 1. The van der Waals surface area contributed by atoms with Crippen molar-refractivity contribution in [2.75, 3.05) is 0 Å². The minimum absolute atomic E-state index is 0.0697. The van der Waals surface area contributed by atoms with Gasteiger partial charge in [0.05, 0.1) is 12.0 Å². The highest BCUT2D eigenvalue weighted by atomic mass is 19.4. The van der Waals surface area contributed by atoms with Crippen LogP contribution in [0.4, 0.5) is 13.2 Å². The van der Waals surface area contributed by atoms with E-state index in [1.54, 1.807) is 0 Å². The van der Waals surface area contributed by atoms with Crippen LogP contribution in [0, 0.1) is 40.4 Å². The number of fused-ring (bicyclic) bond motifs is 5. The largest absolute Gasteiger partial charge is 0.415 e. The van der Waals surface area contributed by atoms with Crippen LogP contribution in [0.15, 0.2) is 0 Å². The van der Waals surface area contributed by atoms with E-state index in [1.165, 1.54) is 0 Å². The molecule has 6 heteroatoms. The van der Waals surface area contributed by atoms with Gasteiger partial charge in [-0.2, -0.15) is 13.2 Å². The van der Waals surface area contributed by atoms with Crippen molar-refractivity contribution in [2.45, 2.75) is 83.6 Å². The van der Waals surface area contributed by atoms with Crippen LogP contribution in [0.1, 0.15) is 65.2 Å². The quantitative estimate of drug-likeness (QED) is 0.711. The lowest BCUT2D eigenvalue weighted by Gasteiger charge is -2.61. The highest BCUT2D eigenvalue weighted by Crippen LogP contribution is 2.66. The third-order valence-electron chi connectivity index (χ3n) is 9.25. The normalized spacial score (nSPS) is 51.3. The second-order valence-electron chi connectivity index (χ2n) is 10.3. The molecule has 154 valence electrons. The van der Waals surface area contributed by atoms with Crippen molar-refractivity contribution in [3.8, 4) is 0 Å². The summed E-state index contributed by atoms with van der Waals surface area (Å²) >= 11 is 0. The lowest BCUT2D eigenvalue weighted by molar-refractivity contribution is -0.229. The van der Waals surface area contributed by atoms with E-state index in [2.05, 4.69) is 13.8 Å². The molecule has 0 bridgehead atoms. The van der Waals surface area contributed by atoms with Crippen molar-refractivity contribution in [3.05, 3.63) is 0 Å². The summed E-state index contributed by atoms with van der Waals surface area (Å²) in [6.45, 7) is 4.26. The molecule has 0 aromatic heterocycles. The van der Waals surface area contributed by atoms with Gasteiger partial charge in [0, 0.05) is 6.42 Å². The first-order valence-electron chi connectivity index (χ1n) is 10.4. The molecule has 0 saturated heterocycles. The second-order valence-corrected chi connectivity index (χ2v) is 10.3. The summed E-state index contributed by atoms with van der Waals surface area (Å²) in [5.74, 6) is -0.494. The molecule has 0 heterocycles. The first kappa shape index (κ1) is 19.7. The van der Waals surface area contributed by atoms with Crippen molar-refractivity contribution in [2.24, 2.45) is 40.4 Å². The first-order chi connectivity index (χ1) is 12.5. The molecule has 0 radical (unpaired) electrons. The number of aliphatic hydroxyl groups excluding tert-OH is 2. The molecule has 3 nitrogen and oxygen atoms in total. The summed E-state index contributed by atoms with van der Waals surface area (Å²) in [6.07, 6.45) is -1.76. The third kappa shape index (κ3) is 2.80. The average molecular weight is 388 g/mol. The molecule has 4 saturated carbocycles. The number of rotatable bonds is 1. The van der Waals surface area contributed by atoms with Crippen molar-refractivity contribution in [1.29, 1.82) is 0 Å². The molecule has 4 aliphatic carbocycles. The van der Waals surface area contributed by atoms with Gasteiger partial charge in [0.15, 0.2) is 6.10 Å². The molecule has 27 heavy (non-hydrogen) atoms. The molecule has 4 rings (SSSR count). The van der Waals surface area contributed by atoms with Crippen LogP contribution in [-0.2, 0) is 4.79 Å². The molecular weight excluding hydrogens is 357 g/mol. The fraction of sp³-hybridized carbons (Fsp3) is 0.952. The molecule has 0 spiro atoms. The van der Waals surface area contributed by atoms with Gasteiger partial charge in [-0.1, -0.05) is 13.8 Å². The number of Topliss-reactive ketones (excluding diaryl/α,β-unsaturated/α-hetero) is 1. The smallest absolute Gasteiger partial charge is 0.393 e. The Hall–Kier alpha value is -0.620. The van der Waals surface area contributed by atoms with Gasteiger partial charge in [-0.15, -0.1) is 0 Å². The predicted molar refractivity (Wildman–Crippen MR) is 93.7 cm³/mol. The van der Waals surface area contributed by atoms with Crippen LogP contribution in [0.3, 0.4) is 0 Å². The fourth-order valence-corrected chi connectivity index (χ4v) is 7.66. The van der Waals surface area contributed by atoms with Gasteiger partial charge in [0.2, 0.25) is 0 Å². The molecule has 4 aliphatic rings. The lowest BCUT2D eigenvalue weighted by Crippen LogP contribution is -2.57. The van der Waals surface area contributed by atoms with E-state index in [4.69, 9.17) is 0 Å². The van der Waals surface area contributed by atoms with E-state index in [1.807, 2.05) is 0 Å². The van der Waals surface area contributed by atoms with Gasteiger partial charge in [0.1, 0.15) is 5.78 Å². The Morgan fingerprint density at radius 3 is 2.37 bits per heavy atom. The van der Waals surface area contributed by atoms with Crippen LogP contribution in [0.2, 0.25) is 0 Å². The maximum Gasteiger partial charge on any atom is 0.415 e. The van der Waals surface area contributed by atoms with E-state index < -0.39 is 24.0 Å². The standard InChI is InChI=1S/C21H31F3O3/c1-19-8-7-15-12(14(19)5-6-17(19)26)4-3-11-9-16(25)13(10-20(11,15)2)18(27)21(22,23)24/h11-15,17-18,26-27H,3-10H2,1-2H3/t11-,12+,13+,14+,15+,17-,18+,19+,20+/m1/s1. The van der Waals surface area contributed by atoms with Gasteiger partial charge in [0.25, 0.3) is 0 Å². The lowest BCUT2D eigenvalue weighted by atomic mass is 9.44. The van der Waals surface area contributed by atoms with Crippen LogP contribution in [-0.4, -0.2) is 34.4 Å². The predicted octanol–water partition coefficient (Wildman–Crippen LogP) is 4.11. The minimum atomic E-state index is -4.75. The van der Waals surface area contributed by atoms with E-state index in [0.717, 1.165) is 38.5 Å². The van der Waals surface area contributed by atoms with E-state index >= 15 is 0 Å². The molecule has 9 atom stereocenters. The SMILES string of the molecule is C[C@]12C[C@H]([C@H](O)C(F)(F)F)C(=O)C[C@H]1CC[C@@H]1[C@@H]2CC[C@]2(C)[C@H](O)CC[C@@H]12. The average Bonchev–Trinajstić information content (AvgIpc) is 2.89. The molecule has 0 unspecified atom stereocenters. The number of aliphatic hydroxyl groups is 2. The Balaban J connectivity index is 1.62. The molecule has 2 N–H and O–H groups in total. The van der Waals surface area contributed by atoms with Crippen molar-refractivity contribution >= 4 is 5.78 Å². The third-order valence-corrected chi connectivity index (χ3v) is 9.25.